The van der Waals surface area contributed by atoms with E-state index in [1.165, 1.54) is 16.7 Å². The van der Waals surface area contributed by atoms with Crippen LogP contribution in [0.5, 0.6) is 0 Å². The van der Waals surface area contributed by atoms with Crippen molar-refractivity contribution in [1.82, 2.24) is 9.47 Å². The zero-order chi connectivity index (χ0) is 20.4. The van der Waals surface area contributed by atoms with Gasteiger partial charge in [0.15, 0.2) is 0 Å². The number of rotatable bonds is 5. The Hall–Kier alpha value is -3.01. The second-order valence-electron chi connectivity index (χ2n) is 8.11. The van der Waals surface area contributed by atoms with Gasteiger partial charge in [0.2, 0.25) is 0 Å². The van der Waals surface area contributed by atoms with Crippen molar-refractivity contribution in [3.8, 4) is 0 Å². The summed E-state index contributed by atoms with van der Waals surface area (Å²) in [5, 5.41) is 0. The lowest BCUT2D eigenvalue weighted by molar-refractivity contribution is 0.0783. The number of aryl methyl sites for hydroxylation is 3. The van der Waals surface area contributed by atoms with E-state index in [1.54, 1.807) is 0 Å². The molecular weight excluding hydrogens is 358 g/mol. The Labute approximate surface area is 173 Å². The summed E-state index contributed by atoms with van der Waals surface area (Å²) in [6, 6.07) is 19.1. The highest BCUT2D eigenvalue weighted by Gasteiger charge is 2.23. The summed E-state index contributed by atoms with van der Waals surface area (Å²) in [5.41, 5.74) is 6.66. The molecule has 1 aliphatic rings. The van der Waals surface area contributed by atoms with Crippen molar-refractivity contribution >= 4 is 17.3 Å². The topological polar surface area (TPSA) is 28.5 Å². The van der Waals surface area contributed by atoms with Crippen LogP contribution in [0.3, 0.4) is 0 Å². The maximum atomic E-state index is 13.0. The average Bonchev–Trinajstić information content (AvgIpc) is 3.35. The number of hydrogen-bond acceptors (Lipinski definition) is 2. The molecule has 0 saturated carbocycles. The second-order valence-corrected chi connectivity index (χ2v) is 8.11. The first-order chi connectivity index (χ1) is 14.0. The van der Waals surface area contributed by atoms with Crippen LogP contribution >= 0.6 is 0 Å². The van der Waals surface area contributed by atoms with Gasteiger partial charge in [0, 0.05) is 38.6 Å². The van der Waals surface area contributed by atoms with E-state index in [2.05, 4.69) is 67.4 Å². The number of nitrogens with zero attached hydrogens (tertiary/aromatic N) is 3. The van der Waals surface area contributed by atoms with Crippen LogP contribution in [0.25, 0.3) is 0 Å². The molecule has 0 atom stereocenters. The van der Waals surface area contributed by atoms with Gasteiger partial charge < -0.3 is 14.4 Å². The number of benzene rings is 2. The fraction of sp³-hybridized carbons (Fsp3) is 0.320. The number of aromatic nitrogens is 1. The van der Waals surface area contributed by atoms with Crippen LogP contribution in [-0.4, -0.2) is 28.5 Å². The molecule has 29 heavy (non-hydrogen) atoms. The van der Waals surface area contributed by atoms with Crippen LogP contribution in [0.2, 0.25) is 0 Å². The third-order valence-electron chi connectivity index (χ3n) is 5.62. The zero-order valence-electron chi connectivity index (χ0n) is 17.6. The lowest BCUT2D eigenvalue weighted by Crippen LogP contribution is -2.29. The van der Waals surface area contributed by atoms with Crippen molar-refractivity contribution in [3.05, 3.63) is 83.2 Å². The Morgan fingerprint density at radius 1 is 0.931 bits per heavy atom. The van der Waals surface area contributed by atoms with Crippen molar-refractivity contribution in [3.63, 3.8) is 0 Å². The van der Waals surface area contributed by atoms with E-state index < -0.39 is 0 Å². The monoisotopic (exact) mass is 387 g/mol. The molecule has 150 valence electrons. The summed E-state index contributed by atoms with van der Waals surface area (Å²) in [6.07, 6.45) is 4.28. The van der Waals surface area contributed by atoms with Crippen LogP contribution in [0.4, 0.5) is 11.4 Å². The normalized spacial score (nSPS) is 13.7. The van der Waals surface area contributed by atoms with Crippen LogP contribution in [-0.2, 0) is 13.6 Å². The van der Waals surface area contributed by atoms with E-state index >= 15 is 0 Å². The van der Waals surface area contributed by atoms with Gasteiger partial charge in [0.25, 0.3) is 5.91 Å². The highest BCUT2D eigenvalue weighted by molar-refractivity contribution is 5.94. The Morgan fingerprint density at radius 2 is 1.59 bits per heavy atom. The molecule has 0 bridgehead atoms. The minimum atomic E-state index is 0.135. The third kappa shape index (κ3) is 4.21. The van der Waals surface area contributed by atoms with E-state index in [4.69, 9.17) is 0 Å². The number of likely N-dealkylation sites (tertiary alicyclic amines) is 1. The Balaban J connectivity index is 1.72. The average molecular weight is 388 g/mol. The SMILES string of the molecule is Cc1cc(C)cc(N(Cc2ccccc2)c2cc(C(=O)N3CCCC3)n(C)c2)c1. The van der Waals surface area contributed by atoms with E-state index in [0.717, 1.165) is 49.5 Å². The van der Waals surface area contributed by atoms with Gasteiger partial charge >= 0.3 is 0 Å². The molecule has 1 saturated heterocycles. The molecule has 4 heteroatoms. The highest BCUT2D eigenvalue weighted by atomic mass is 16.2. The van der Waals surface area contributed by atoms with E-state index in [-0.39, 0.29) is 5.91 Å². The van der Waals surface area contributed by atoms with Crippen molar-refractivity contribution < 1.29 is 4.79 Å². The Kier molecular flexibility index (Phi) is 5.43. The fourth-order valence-corrected chi connectivity index (χ4v) is 4.19. The van der Waals surface area contributed by atoms with E-state index in [9.17, 15) is 4.79 Å². The van der Waals surface area contributed by atoms with Gasteiger partial charge in [0.1, 0.15) is 5.69 Å². The summed E-state index contributed by atoms with van der Waals surface area (Å²) >= 11 is 0. The fourth-order valence-electron chi connectivity index (χ4n) is 4.19. The first-order valence-electron chi connectivity index (χ1n) is 10.4. The third-order valence-corrected chi connectivity index (χ3v) is 5.62. The summed E-state index contributed by atoms with van der Waals surface area (Å²) in [4.78, 5) is 17.3. The van der Waals surface area contributed by atoms with Crippen LogP contribution < -0.4 is 4.90 Å². The number of carbonyl (C=O) groups excluding carboxylic acids is 1. The molecule has 1 fully saturated rings. The van der Waals surface area contributed by atoms with Gasteiger partial charge in [-0.2, -0.15) is 0 Å². The maximum absolute atomic E-state index is 13.0. The standard InChI is InChI=1S/C25H29N3O/c1-19-13-20(2)15-22(14-19)28(17-21-9-5-4-6-10-21)23-16-24(26(3)18-23)25(29)27-11-7-8-12-27/h4-6,9-10,13-16,18H,7-8,11-12,17H2,1-3H3. The lowest BCUT2D eigenvalue weighted by atomic mass is 10.1. The van der Waals surface area contributed by atoms with Crippen molar-refractivity contribution in [2.24, 2.45) is 7.05 Å². The van der Waals surface area contributed by atoms with Gasteiger partial charge in [-0.1, -0.05) is 36.4 Å². The van der Waals surface area contributed by atoms with Crippen molar-refractivity contribution in [1.29, 1.82) is 0 Å². The van der Waals surface area contributed by atoms with Gasteiger partial charge in [-0.25, -0.2) is 0 Å². The molecule has 4 rings (SSSR count). The smallest absolute Gasteiger partial charge is 0.270 e. The summed E-state index contributed by atoms with van der Waals surface area (Å²) in [7, 11) is 1.97. The van der Waals surface area contributed by atoms with Crippen LogP contribution in [0, 0.1) is 13.8 Å². The van der Waals surface area contributed by atoms with Crippen molar-refractivity contribution in [2.75, 3.05) is 18.0 Å². The van der Waals surface area contributed by atoms with E-state index in [0.29, 0.717) is 0 Å². The molecule has 0 spiro atoms. The number of amides is 1. The molecule has 3 aromatic rings. The predicted molar refractivity (Wildman–Crippen MR) is 119 cm³/mol. The Bertz CT molecular complexity index is 980. The Morgan fingerprint density at radius 3 is 2.24 bits per heavy atom. The summed E-state index contributed by atoms with van der Waals surface area (Å²) in [5.74, 6) is 0.135. The quantitative estimate of drug-likeness (QED) is 0.601. The molecule has 2 heterocycles. The molecule has 0 radical (unpaired) electrons. The molecule has 2 aromatic carbocycles. The van der Waals surface area contributed by atoms with Gasteiger partial charge in [-0.05, 0) is 61.6 Å². The number of carbonyl (C=O) groups is 1. The number of anilines is 2. The minimum absolute atomic E-state index is 0.135. The molecular formula is C25H29N3O. The van der Waals surface area contributed by atoms with Crippen molar-refractivity contribution in [2.45, 2.75) is 33.2 Å². The molecule has 1 aromatic heterocycles. The molecule has 1 amide bonds. The number of hydrogen-bond donors (Lipinski definition) is 0. The largest absolute Gasteiger partial charge is 0.344 e. The van der Waals surface area contributed by atoms with Crippen LogP contribution in [0.1, 0.15) is 40.0 Å². The van der Waals surface area contributed by atoms with Gasteiger partial charge in [0.05, 0.1) is 5.69 Å². The first-order valence-corrected chi connectivity index (χ1v) is 10.4. The summed E-state index contributed by atoms with van der Waals surface area (Å²) < 4.78 is 1.97. The summed E-state index contributed by atoms with van der Waals surface area (Å²) in [6.45, 7) is 6.74. The molecule has 0 unspecified atom stereocenters. The predicted octanol–water partition coefficient (Wildman–Crippen LogP) is 5.22. The second kappa shape index (κ2) is 8.16. The maximum Gasteiger partial charge on any atom is 0.270 e. The van der Waals surface area contributed by atoms with Crippen LogP contribution in [0.15, 0.2) is 60.8 Å². The molecule has 0 N–H and O–H groups in total. The first kappa shape index (κ1) is 19.3. The van der Waals surface area contributed by atoms with Gasteiger partial charge in [-0.15, -0.1) is 0 Å². The van der Waals surface area contributed by atoms with E-state index in [1.807, 2.05) is 28.6 Å². The minimum Gasteiger partial charge on any atom is -0.344 e. The molecule has 4 nitrogen and oxygen atoms in total. The lowest BCUT2D eigenvalue weighted by Gasteiger charge is -2.25. The van der Waals surface area contributed by atoms with Gasteiger partial charge in [-0.3, -0.25) is 4.79 Å². The molecule has 1 aliphatic heterocycles. The highest BCUT2D eigenvalue weighted by Crippen LogP contribution is 2.31. The zero-order valence-corrected chi connectivity index (χ0v) is 17.6. The molecule has 0 aliphatic carbocycles.